The van der Waals surface area contributed by atoms with Crippen molar-refractivity contribution in [2.24, 2.45) is 0 Å². The zero-order valence-corrected chi connectivity index (χ0v) is 12.4. The average molecular weight is 280 g/mol. The van der Waals surface area contributed by atoms with E-state index in [1.54, 1.807) is 18.0 Å². The van der Waals surface area contributed by atoms with E-state index in [9.17, 15) is 0 Å². The Labute approximate surface area is 117 Å². The van der Waals surface area contributed by atoms with E-state index in [4.69, 9.17) is 0 Å². The SMILES string of the molecule is CCCNc1nc(SCCN(C)C)c2cn[nH]c2n1. The molecule has 0 bridgehead atoms. The standard InChI is InChI=1S/C12H20N6S/c1-4-5-13-12-15-10-9(8-14-17-10)11(16-12)19-7-6-18(2)3/h8H,4-7H2,1-3H3,(H2,13,14,15,16,17). The molecule has 0 aromatic carbocycles. The Kier molecular flexibility index (Phi) is 4.98. The number of aromatic amines is 1. The Balaban J connectivity index is 2.16. The van der Waals surface area contributed by atoms with Gasteiger partial charge in [-0.05, 0) is 20.5 Å². The van der Waals surface area contributed by atoms with E-state index in [2.05, 4.69) is 51.4 Å². The van der Waals surface area contributed by atoms with Gasteiger partial charge < -0.3 is 10.2 Å². The topological polar surface area (TPSA) is 69.7 Å². The summed E-state index contributed by atoms with van der Waals surface area (Å²) in [5.74, 6) is 1.67. The van der Waals surface area contributed by atoms with Gasteiger partial charge in [0.2, 0.25) is 5.95 Å². The molecule has 2 rings (SSSR count). The van der Waals surface area contributed by atoms with Gasteiger partial charge in [-0.3, -0.25) is 5.10 Å². The number of aromatic nitrogens is 4. The van der Waals surface area contributed by atoms with Crippen LogP contribution in [-0.2, 0) is 0 Å². The third kappa shape index (κ3) is 3.81. The lowest BCUT2D eigenvalue weighted by atomic mass is 10.4. The number of fused-ring (bicyclic) bond motifs is 1. The first-order valence-corrected chi connectivity index (χ1v) is 7.41. The van der Waals surface area contributed by atoms with E-state index in [0.29, 0.717) is 5.95 Å². The molecule has 7 heteroatoms. The number of hydrogen-bond donors (Lipinski definition) is 2. The van der Waals surface area contributed by atoms with Crippen LogP contribution in [0, 0.1) is 0 Å². The predicted octanol–water partition coefficient (Wildman–Crippen LogP) is 1.83. The first-order chi connectivity index (χ1) is 9.20. The Hall–Kier alpha value is -1.34. The molecule has 2 aromatic heterocycles. The molecule has 0 aliphatic heterocycles. The van der Waals surface area contributed by atoms with Crippen molar-refractivity contribution < 1.29 is 0 Å². The van der Waals surface area contributed by atoms with E-state index in [-0.39, 0.29) is 0 Å². The van der Waals surface area contributed by atoms with Crippen LogP contribution < -0.4 is 5.32 Å². The highest BCUT2D eigenvalue weighted by atomic mass is 32.2. The van der Waals surface area contributed by atoms with E-state index in [0.717, 1.165) is 41.3 Å². The van der Waals surface area contributed by atoms with Gasteiger partial charge in [-0.25, -0.2) is 4.98 Å². The summed E-state index contributed by atoms with van der Waals surface area (Å²) >= 11 is 1.74. The van der Waals surface area contributed by atoms with Crippen LogP contribution >= 0.6 is 11.8 Å². The average Bonchev–Trinajstić information content (AvgIpc) is 2.84. The molecule has 0 fully saturated rings. The van der Waals surface area contributed by atoms with E-state index >= 15 is 0 Å². The smallest absolute Gasteiger partial charge is 0.225 e. The highest BCUT2D eigenvalue weighted by Crippen LogP contribution is 2.25. The summed E-state index contributed by atoms with van der Waals surface area (Å²) in [5.41, 5.74) is 0.793. The van der Waals surface area contributed by atoms with Crippen LogP contribution in [0.4, 0.5) is 5.95 Å². The molecule has 2 N–H and O–H groups in total. The van der Waals surface area contributed by atoms with Crippen molar-refractivity contribution in [2.75, 3.05) is 38.3 Å². The molecule has 0 atom stereocenters. The molecule has 0 saturated heterocycles. The normalized spacial score (nSPS) is 11.4. The first-order valence-electron chi connectivity index (χ1n) is 6.43. The Morgan fingerprint density at radius 1 is 1.37 bits per heavy atom. The van der Waals surface area contributed by atoms with Crippen molar-refractivity contribution >= 4 is 28.7 Å². The summed E-state index contributed by atoms with van der Waals surface area (Å²) in [6.45, 7) is 4.02. The highest BCUT2D eigenvalue weighted by molar-refractivity contribution is 7.99. The summed E-state index contributed by atoms with van der Waals surface area (Å²) in [5, 5.41) is 12.2. The van der Waals surface area contributed by atoms with Gasteiger partial charge in [0.1, 0.15) is 5.03 Å². The molecular formula is C12H20N6S. The minimum Gasteiger partial charge on any atom is -0.354 e. The van der Waals surface area contributed by atoms with Crippen molar-refractivity contribution in [3.05, 3.63) is 6.20 Å². The largest absolute Gasteiger partial charge is 0.354 e. The fraction of sp³-hybridized carbons (Fsp3) is 0.583. The molecule has 0 spiro atoms. The second-order valence-corrected chi connectivity index (χ2v) is 5.65. The van der Waals surface area contributed by atoms with Crippen molar-refractivity contribution in [1.82, 2.24) is 25.1 Å². The molecule has 0 aliphatic carbocycles. The number of nitrogens with zero attached hydrogens (tertiary/aromatic N) is 4. The first kappa shape index (κ1) is 14.1. The molecule has 0 unspecified atom stereocenters. The Bertz CT molecular complexity index is 524. The Morgan fingerprint density at radius 2 is 2.21 bits per heavy atom. The molecule has 0 aliphatic rings. The maximum atomic E-state index is 4.57. The zero-order valence-electron chi connectivity index (χ0n) is 11.6. The molecule has 19 heavy (non-hydrogen) atoms. The second-order valence-electron chi connectivity index (χ2n) is 4.56. The van der Waals surface area contributed by atoms with Crippen molar-refractivity contribution in [3.8, 4) is 0 Å². The van der Waals surface area contributed by atoms with Gasteiger partial charge >= 0.3 is 0 Å². The number of rotatable bonds is 7. The number of nitrogens with one attached hydrogen (secondary N) is 2. The summed E-state index contributed by atoms with van der Waals surface area (Å²) in [6.07, 6.45) is 2.84. The van der Waals surface area contributed by atoms with E-state index in [1.165, 1.54) is 0 Å². The van der Waals surface area contributed by atoms with E-state index < -0.39 is 0 Å². The minimum atomic E-state index is 0.672. The van der Waals surface area contributed by atoms with E-state index in [1.807, 2.05) is 0 Å². The second kappa shape index (κ2) is 6.72. The van der Waals surface area contributed by atoms with Gasteiger partial charge in [-0.1, -0.05) is 6.92 Å². The minimum absolute atomic E-state index is 0.672. The summed E-state index contributed by atoms with van der Waals surface area (Å²) in [6, 6.07) is 0. The lowest BCUT2D eigenvalue weighted by Crippen LogP contribution is -2.15. The molecule has 6 nitrogen and oxygen atoms in total. The molecular weight excluding hydrogens is 260 g/mol. The maximum Gasteiger partial charge on any atom is 0.225 e. The fourth-order valence-corrected chi connectivity index (χ4v) is 2.66. The number of hydrogen-bond acceptors (Lipinski definition) is 6. The van der Waals surface area contributed by atoms with Gasteiger partial charge in [0.15, 0.2) is 5.65 Å². The maximum absolute atomic E-state index is 4.57. The predicted molar refractivity (Wildman–Crippen MR) is 79.7 cm³/mol. The van der Waals surface area contributed by atoms with Crippen LogP contribution in [0.2, 0.25) is 0 Å². The van der Waals surface area contributed by atoms with Crippen molar-refractivity contribution in [2.45, 2.75) is 18.4 Å². The molecule has 0 saturated carbocycles. The lowest BCUT2D eigenvalue weighted by molar-refractivity contribution is 0.437. The van der Waals surface area contributed by atoms with Gasteiger partial charge in [-0.2, -0.15) is 10.1 Å². The molecule has 0 amide bonds. The van der Waals surface area contributed by atoms with Gasteiger partial charge in [0.25, 0.3) is 0 Å². The highest BCUT2D eigenvalue weighted by Gasteiger charge is 2.09. The lowest BCUT2D eigenvalue weighted by Gasteiger charge is -2.09. The molecule has 2 aromatic rings. The summed E-state index contributed by atoms with van der Waals surface area (Å²) in [4.78, 5) is 11.1. The van der Waals surface area contributed by atoms with Gasteiger partial charge in [0.05, 0.1) is 11.6 Å². The summed E-state index contributed by atoms with van der Waals surface area (Å²) in [7, 11) is 4.14. The Morgan fingerprint density at radius 3 is 2.95 bits per heavy atom. The van der Waals surface area contributed by atoms with Gasteiger partial charge in [-0.15, -0.1) is 11.8 Å². The van der Waals surface area contributed by atoms with Crippen LogP contribution in [0.1, 0.15) is 13.3 Å². The van der Waals surface area contributed by atoms with Crippen LogP contribution in [0.25, 0.3) is 11.0 Å². The quantitative estimate of drug-likeness (QED) is 0.595. The van der Waals surface area contributed by atoms with Crippen molar-refractivity contribution in [3.63, 3.8) is 0 Å². The monoisotopic (exact) mass is 280 g/mol. The van der Waals surface area contributed by atoms with Crippen LogP contribution in [0.5, 0.6) is 0 Å². The summed E-state index contributed by atoms with van der Waals surface area (Å²) < 4.78 is 0. The zero-order chi connectivity index (χ0) is 13.7. The van der Waals surface area contributed by atoms with Crippen LogP contribution in [0.15, 0.2) is 11.2 Å². The fourth-order valence-electron chi connectivity index (χ4n) is 1.56. The van der Waals surface area contributed by atoms with Crippen LogP contribution in [0.3, 0.4) is 0 Å². The molecule has 104 valence electrons. The molecule has 2 heterocycles. The number of H-pyrrole nitrogens is 1. The third-order valence-corrected chi connectivity index (χ3v) is 3.56. The molecule has 0 radical (unpaired) electrons. The third-order valence-electron chi connectivity index (χ3n) is 2.59. The van der Waals surface area contributed by atoms with Crippen LogP contribution in [-0.4, -0.2) is 58.0 Å². The van der Waals surface area contributed by atoms with Gasteiger partial charge in [0, 0.05) is 18.8 Å². The van der Waals surface area contributed by atoms with Crippen molar-refractivity contribution in [1.29, 1.82) is 0 Å². The number of thioether (sulfide) groups is 1. The number of anilines is 1.